The average Bonchev–Trinajstić information content (AvgIpc) is 2.92. The van der Waals surface area contributed by atoms with Crippen LogP contribution in [0.5, 0.6) is 0 Å². The fraction of sp³-hybridized carbons (Fsp3) is 0.0625. The third kappa shape index (κ3) is 2.56. The molecule has 0 aliphatic carbocycles. The molecule has 0 unspecified atom stereocenters. The van der Waals surface area contributed by atoms with Crippen molar-refractivity contribution >= 4 is 0 Å². The van der Waals surface area contributed by atoms with Gasteiger partial charge in [-0.3, -0.25) is 0 Å². The van der Waals surface area contributed by atoms with Gasteiger partial charge in [-0.2, -0.15) is 5.26 Å². The number of halogens is 2. The molecule has 0 saturated heterocycles. The smallest absolute Gasteiger partial charge is 0.186 e. The normalized spacial score (nSPS) is 10.4. The molecule has 3 aromatic rings. The summed E-state index contributed by atoms with van der Waals surface area (Å²) in [7, 11) is 0. The first-order valence-corrected chi connectivity index (χ1v) is 6.53. The van der Waals surface area contributed by atoms with E-state index in [9.17, 15) is 8.78 Å². The molecule has 0 aliphatic rings. The van der Waals surface area contributed by atoms with E-state index in [0.717, 1.165) is 5.56 Å². The summed E-state index contributed by atoms with van der Waals surface area (Å²) in [5, 5.41) is 16.8. The summed E-state index contributed by atoms with van der Waals surface area (Å²) in [5.41, 5.74) is 1.57. The maximum Gasteiger partial charge on any atom is 0.186 e. The summed E-state index contributed by atoms with van der Waals surface area (Å²) in [6, 6.07) is 13.9. The Morgan fingerprint density at radius 1 is 1.05 bits per heavy atom. The molecule has 0 N–H and O–H groups in total. The predicted molar refractivity (Wildman–Crippen MR) is 75.2 cm³/mol. The van der Waals surface area contributed by atoms with Gasteiger partial charge in [-0.25, -0.2) is 13.5 Å². The van der Waals surface area contributed by atoms with Crippen molar-refractivity contribution in [1.82, 2.24) is 15.0 Å². The highest BCUT2D eigenvalue weighted by Crippen LogP contribution is 2.19. The minimum atomic E-state index is -0.461. The maximum atomic E-state index is 13.9. The molecule has 3 rings (SSSR count). The highest BCUT2D eigenvalue weighted by Gasteiger charge is 2.16. The summed E-state index contributed by atoms with van der Waals surface area (Å²) < 4.78 is 28.2. The lowest BCUT2D eigenvalue weighted by molar-refractivity contribution is 0.603. The molecule has 6 heteroatoms. The molecule has 22 heavy (non-hydrogen) atoms. The van der Waals surface area contributed by atoms with Crippen LogP contribution >= 0.6 is 0 Å². The molecule has 1 heterocycles. The van der Waals surface area contributed by atoms with E-state index in [2.05, 4.69) is 10.3 Å². The van der Waals surface area contributed by atoms with Crippen molar-refractivity contribution in [3.63, 3.8) is 0 Å². The van der Waals surface area contributed by atoms with Crippen molar-refractivity contribution in [3.05, 3.63) is 77.1 Å². The van der Waals surface area contributed by atoms with Gasteiger partial charge in [0, 0.05) is 6.42 Å². The molecule has 0 fully saturated rings. The van der Waals surface area contributed by atoms with Gasteiger partial charge in [0.1, 0.15) is 23.4 Å². The Morgan fingerprint density at radius 3 is 2.45 bits per heavy atom. The van der Waals surface area contributed by atoms with E-state index in [4.69, 9.17) is 5.26 Å². The fourth-order valence-corrected chi connectivity index (χ4v) is 2.16. The van der Waals surface area contributed by atoms with E-state index in [-0.39, 0.29) is 17.2 Å². The van der Waals surface area contributed by atoms with Crippen LogP contribution in [-0.2, 0) is 6.42 Å². The Labute approximate surface area is 125 Å². The van der Waals surface area contributed by atoms with Gasteiger partial charge in [-0.1, -0.05) is 29.5 Å². The Hall–Kier alpha value is -3.07. The Morgan fingerprint density at radius 2 is 1.77 bits per heavy atom. The van der Waals surface area contributed by atoms with Crippen molar-refractivity contribution in [2.24, 2.45) is 0 Å². The Kier molecular flexibility index (Phi) is 3.62. The van der Waals surface area contributed by atoms with Crippen LogP contribution < -0.4 is 0 Å². The van der Waals surface area contributed by atoms with Gasteiger partial charge in [-0.15, -0.1) is 5.10 Å². The second kappa shape index (κ2) is 5.74. The second-order valence-corrected chi connectivity index (χ2v) is 4.66. The lowest BCUT2D eigenvalue weighted by atomic mass is 10.1. The van der Waals surface area contributed by atoms with E-state index in [1.165, 1.54) is 22.9 Å². The summed E-state index contributed by atoms with van der Waals surface area (Å²) in [4.78, 5) is 0. The third-order valence-electron chi connectivity index (χ3n) is 3.23. The van der Waals surface area contributed by atoms with E-state index in [1.54, 1.807) is 30.3 Å². The van der Waals surface area contributed by atoms with Gasteiger partial charge in [0.2, 0.25) is 0 Å². The molecule has 2 aromatic carbocycles. The molecule has 0 amide bonds. The summed E-state index contributed by atoms with van der Waals surface area (Å²) in [6.45, 7) is 0. The van der Waals surface area contributed by atoms with Gasteiger partial charge in [0.15, 0.2) is 5.69 Å². The van der Waals surface area contributed by atoms with Crippen LogP contribution in [0.2, 0.25) is 0 Å². The zero-order chi connectivity index (χ0) is 15.5. The molecule has 0 bridgehead atoms. The highest BCUT2D eigenvalue weighted by atomic mass is 19.1. The number of nitrogens with zero attached hydrogens (tertiary/aromatic N) is 4. The number of hydrogen-bond donors (Lipinski definition) is 0. The quantitative estimate of drug-likeness (QED) is 0.746. The summed E-state index contributed by atoms with van der Waals surface area (Å²) >= 11 is 0. The van der Waals surface area contributed by atoms with Crippen LogP contribution in [0.25, 0.3) is 5.69 Å². The Balaban J connectivity index is 2.07. The van der Waals surface area contributed by atoms with Crippen LogP contribution in [-0.4, -0.2) is 15.0 Å². The zero-order valence-electron chi connectivity index (χ0n) is 11.4. The van der Waals surface area contributed by atoms with E-state index in [1.807, 2.05) is 6.07 Å². The highest BCUT2D eigenvalue weighted by molar-refractivity contribution is 5.39. The van der Waals surface area contributed by atoms with Gasteiger partial charge in [0.05, 0.1) is 5.69 Å². The van der Waals surface area contributed by atoms with Crippen molar-refractivity contribution < 1.29 is 8.78 Å². The molecule has 1 aromatic heterocycles. The number of para-hydroxylation sites is 1. The zero-order valence-corrected chi connectivity index (χ0v) is 11.4. The fourth-order valence-electron chi connectivity index (χ4n) is 2.16. The van der Waals surface area contributed by atoms with Crippen molar-refractivity contribution in [3.8, 4) is 11.8 Å². The monoisotopic (exact) mass is 296 g/mol. The maximum absolute atomic E-state index is 13.9. The first-order valence-electron chi connectivity index (χ1n) is 6.53. The number of aromatic nitrogens is 3. The van der Waals surface area contributed by atoms with E-state index >= 15 is 0 Å². The van der Waals surface area contributed by atoms with Crippen LogP contribution in [0.1, 0.15) is 17.0 Å². The number of hydrogen-bond acceptors (Lipinski definition) is 3. The topological polar surface area (TPSA) is 54.5 Å². The first-order chi connectivity index (χ1) is 10.7. The van der Waals surface area contributed by atoms with Crippen LogP contribution in [0.15, 0.2) is 48.5 Å². The average molecular weight is 296 g/mol. The number of rotatable bonds is 3. The lowest BCUT2D eigenvalue weighted by Gasteiger charge is -2.07. The second-order valence-electron chi connectivity index (χ2n) is 4.66. The summed E-state index contributed by atoms with van der Waals surface area (Å²) in [6.07, 6.45) is 0.296. The van der Waals surface area contributed by atoms with Gasteiger partial charge in [0.25, 0.3) is 0 Å². The minimum Gasteiger partial charge on any atom is -0.213 e. The third-order valence-corrected chi connectivity index (χ3v) is 3.23. The number of benzene rings is 2. The predicted octanol–water partition coefficient (Wildman–Crippen LogP) is 3.01. The SMILES string of the molecule is N#Cc1nnn(-c2ccccc2F)c1Cc1ccc(F)cc1. The Bertz CT molecular complexity index is 847. The molecule has 108 valence electrons. The van der Waals surface area contributed by atoms with Gasteiger partial charge >= 0.3 is 0 Å². The molecule has 4 nitrogen and oxygen atoms in total. The molecular formula is C16H10F2N4. The lowest BCUT2D eigenvalue weighted by Crippen LogP contribution is -2.06. The molecule has 0 spiro atoms. The first kappa shape index (κ1) is 13.9. The van der Waals surface area contributed by atoms with Gasteiger partial charge < -0.3 is 0 Å². The largest absolute Gasteiger partial charge is 0.213 e. The van der Waals surface area contributed by atoms with Crippen molar-refractivity contribution in [2.75, 3.05) is 0 Å². The van der Waals surface area contributed by atoms with Crippen LogP contribution in [0.3, 0.4) is 0 Å². The summed E-state index contributed by atoms with van der Waals surface area (Å²) in [5.74, 6) is -0.803. The van der Waals surface area contributed by atoms with E-state index < -0.39 is 5.82 Å². The standard InChI is InChI=1S/C16H10F2N4/c17-12-7-5-11(6-8-12)9-16-14(10-19)20-21-22(16)15-4-2-1-3-13(15)18/h1-8H,9H2. The van der Waals surface area contributed by atoms with Crippen LogP contribution in [0.4, 0.5) is 8.78 Å². The number of nitriles is 1. The molecule has 0 saturated carbocycles. The minimum absolute atomic E-state index is 0.118. The van der Waals surface area contributed by atoms with Gasteiger partial charge in [-0.05, 0) is 29.8 Å². The van der Waals surface area contributed by atoms with Crippen molar-refractivity contribution in [2.45, 2.75) is 6.42 Å². The molecular weight excluding hydrogens is 286 g/mol. The van der Waals surface area contributed by atoms with E-state index in [0.29, 0.717) is 12.1 Å². The molecule has 0 atom stereocenters. The molecule has 0 aliphatic heterocycles. The molecule has 0 radical (unpaired) electrons. The van der Waals surface area contributed by atoms with Crippen molar-refractivity contribution in [1.29, 1.82) is 5.26 Å². The van der Waals surface area contributed by atoms with Crippen LogP contribution in [0, 0.1) is 23.0 Å².